The molecule has 1 N–H and O–H groups in total. The normalized spacial score (nSPS) is 15.4. The highest BCUT2D eigenvalue weighted by Gasteiger charge is 2.29. The Kier molecular flexibility index (Phi) is 3.87. The van der Waals surface area contributed by atoms with Crippen LogP contribution in [0.1, 0.15) is 11.1 Å². The van der Waals surface area contributed by atoms with Gasteiger partial charge in [0, 0.05) is 25.6 Å². The molecule has 0 aromatic heterocycles. The van der Waals surface area contributed by atoms with Crippen LogP contribution in [0.5, 0.6) is 5.75 Å². The standard InChI is InChI=1S/C14H19NO3/c1-10-3-4-13(5-11(10)2)18-9-14(17)15-6-12(7-15)8-16/h3-5,12,16H,6-9H2,1-2H3. The summed E-state index contributed by atoms with van der Waals surface area (Å²) in [4.78, 5) is 13.4. The Morgan fingerprint density at radius 1 is 1.39 bits per heavy atom. The zero-order valence-electron chi connectivity index (χ0n) is 10.8. The number of ether oxygens (including phenoxy) is 1. The minimum absolute atomic E-state index is 0.0158. The number of likely N-dealkylation sites (tertiary alicyclic amines) is 1. The zero-order valence-corrected chi connectivity index (χ0v) is 10.8. The van der Waals surface area contributed by atoms with Gasteiger partial charge in [0.05, 0.1) is 0 Å². The quantitative estimate of drug-likeness (QED) is 0.870. The van der Waals surface area contributed by atoms with Gasteiger partial charge < -0.3 is 14.7 Å². The van der Waals surface area contributed by atoms with E-state index in [1.165, 1.54) is 5.56 Å². The molecular formula is C14H19NO3. The largest absolute Gasteiger partial charge is 0.484 e. The van der Waals surface area contributed by atoms with Crippen LogP contribution in [-0.4, -0.2) is 42.2 Å². The fourth-order valence-corrected chi connectivity index (χ4v) is 1.93. The van der Waals surface area contributed by atoms with Crippen molar-refractivity contribution >= 4 is 5.91 Å². The van der Waals surface area contributed by atoms with Crippen molar-refractivity contribution in [3.8, 4) is 5.75 Å². The van der Waals surface area contributed by atoms with Gasteiger partial charge in [0.25, 0.3) is 5.91 Å². The number of carbonyl (C=O) groups is 1. The summed E-state index contributed by atoms with van der Waals surface area (Å²) in [7, 11) is 0. The van der Waals surface area contributed by atoms with Gasteiger partial charge in [-0.3, -0.25) is 4.79 Å². The molecule has 0 saturated carbocycles. The van der Waals surface area contributed by atoms with Crippen molar-refractivity contribution in [3.05, 3.63) is 29.3 Å². The van der Waals surface area contributed by atoms with E-state index in [0.717, 1.165) is 11.3 Å². The lowest BCUT2D eigenvalue weighted by molar-refractivity contribution is -0.140. The molecule has 1 amide bonds. The average Bonchev–Trinajstić information content (AvgIpc) is 2.29. The number of hydrogen-bond acceptors (Lipinski definition) is 3. The van der Waals surface area contributed by atoms with Crippen LogP contribution in [0, 0.1) is 19.8 Å². The number of amides is 1. The van der Waals surface area contributed by atoms with Crippen molar-refractivity contribution in [1.82, 2.24) is 4.90 Å². The molecule has 2 rings (SSSR count). The molecule has 1 heterocycles. The van der Waals surface area contributed by atoms with Crippen molar-refractivity contribution in [2.24, 2.45) is 5.92 Å². The first-order valence-electron chi connectivity index (χ1n) is 6.19. The molecule has 4 nitrogen and oxygen atoms in total. The molecule has 1 aromatic rings. The van der Waals surface area contributed by atoms with Crippen molar-refractivity contribution in [3.63, 3.8) is 0 Å². The third-order valence-corrected chi connectivity index (χ3v) is 3.41. The van der Waals surface area contributed by atoms with Gasteiger partial charge in [-0.15, -0.1) is 0 Å². The lowest BCUT2D eigenvalue weighted by atomic mass is 10.0. The van der Waals surface area contributed by atoms with E-state index in [-0.39, 0.29) is 25.0 Å². The molecule has 98 valence electrons. The fraction of sp³-hybridized carbons (Fsp3) is 0.500. The van der Waals surface area contributed by atoms with Gasteiger partial charge in [0.2, 0.25) is 0 Å². The number of benzene rings is 1. The van der Waals surface area contributed by atoms with E-state index in [1.54, 1.807) is 4.90 Å². The summed E-state index contributed by atoms with van der Waals surface area (Å²) in [5.74, 6) is 0.958. The highest BCUT2D eigenvalue weighted by atomic mass is 16.5. The second kappa shape index (κ2) is 5.40. The van der Waals surface area contributed by atoms with Gasteiger partial charge in [-0.2, -0.15) is 0 Å². The number of nitrogens with zero attached hydrogens (tertiary/aromatic N) is 1. The number of carbonyl (C=O) groups excluding carboxylic acids is 1. The zero-order chi connectivity index (χ0) is 13.1. The van der Waals surface area contributed by atoms with E-state index in [1.807, 2.05) is 32.0 Å². The minimum Gasteiger partial charge on any atom is -0.484 e. The first-order chi connectivity index (χ1) is 8.60. The van der Waals surface area contributed by atoms with E-state index in [9.17, 15) is 4.79 Å². The SMILES string of the molecule is Cc1ccc(OCC(=O)N2CC(CO)C2)cc1C. The predicted octanol–water partition coefficient (Wildman–Crippen LogP) is 1.13. The topological polar surface area (TPSA) is 49.8 Å². The Morgan fingerprint density at radius 3 is 2.72 bits per heavy atom. The Labute approximate surface area is 107 Å². The fourth-order valence-electron chi connectivity index (χ4n) is 1.93. The molecular weight excluding hydrogens is 230 g/mol. The second-order valence-electron chi connectivity index (χ2n) is 4.88. The van der Waals surface area contributed by atoms with Crippen LogP contribution in [0.15, 0.2) is 18.2 Å². The van der Waals surface area contributed by atoms with Crippen LogP contribution in [-0.2, 0) is 4.79 Å². The van der Waals surface area contributed by atoms with Crippen LogP contribution < -0.4 is 4.74 Å². The summed E-state index contributed by atoms with van der Waals surface area (Å²) in [5.41, 5.74) is 2.37. The summed E-state index contributed by atoms with van der Waals surface area (Å²) in [6.07, 6.45) is 0. The molecule has 0 unspecified atom stereocenters. The molecule has 0 atom stereocenters. The number of hydrogen-bond donors (Lipinski definition) is 1. The first kappa shape index (κ1) is 12.9. The van der Waals surface area contributed by atoms with Crippen LogP contribution in [0.25, 0.3) is 0 Å². The smallest absolute Gasteiger partial charge is 0.260 e. The molecule has 4 heteroatoms. The van der Waals surface area contributed by atoms with Gasteiger partial charge >= 0.3 is 0 Å². The van der Waals surface area contributed by atoms with Crippen LogP contribution >= 0.6 is 0 Å². The maximum Gasteiger partial charge on any atom is 0.260 e. The lowest BCUT2D eigenvalue weighted by Gasteiger charge is -2.38. The molecule has 18 heavy (non-hydrogen) atoms. The number of aryl methyl sites for hydroxylation is 2. The van der Waals surface area contributed by atoms with E-state index >= 15 is 0 Å². The van der Waals surface area contributed by atoms with Crippen molar-refractivity contribution in [2.75, 3.05) is 26.3 Å². The average molecular weight is 249 g/mol. The summed E-state index contributed by atoms with van der Waals surface area (Å²) in [5, 5.41) is 8.88. The van der Waals surface area contributed by atoms with Gasteiger partial charge in [-0.25, -0.2) is 0 Å². The Bertz CT molecular complexity index is 439. The maximum atomic E-state index is 11.7. The molecule has 1 aliphatic heterocycles. The summed E-state index contributed by atoms with van der Waals surface area (Å²) < 4.78 is 5.48. The predicted molar refractivity (Wildman–Crippen MR) is 68.6 cm³/mol. The highest BCUT2D eigenvalue weighted by Crippen LogP contribution is 2.18. The molecule has 0 aliphatic carbocycles. The first-order valence-corrected chi connectivity index (χ1v) is 6.19. The summed E-state index contributed by atoms with van der Waals surface area (Å²) >= 11 is 0. The summed E-state index contributed by atoms with van der Waals surface area (Å²) in [6.45, 7) is 5.57. The number of aliphatic hydroxyl groups excluding tert-OH is 1. The van der Waals surface area contributed by atoms with Gasteiger partial charge in [0.1, 0.15) is 5.75 Å². The molecule has 1 fully saturated rings. The molecule has 0 radical (unpaired) electrons. The van der Waals surface area contributed by atoms with Crippen LogP contribution in [0.2, 0.25) is 0 Å². The van der Waals surface area contributed by atoms with E-state index in [2.05, 4.69) is 0 Å². The number of rotatable bonds is 4. The number of aliphatic hydroxyl groups is 1. The Balaban J connectivity index is 1.81. The molecule has 1 saturated heterocycles. The molecule has 0 bridgehead atoms. The van der Waals surface area contributed by atoms with E-state index in [0.29, 0.717) is 13.1 Å². The summed E-state index contributed by atoms with van der Waals surface area (Å²) in [6, 6.07) is 5.80. The Hall–Kier alpha value is -1.55. The van der Waals surface area contributed by atoms with Gasteiger partial charge in [-0.1, -0.05) is 6.07 Å². The molecule has 1 aromatic carbocycles. The van der Waals surface area contributed by atoms with E-state index < -0.39 is 0 Å². The second-order valence-corrected chi connectivity index (χ2v) is 4.88. The molecule has 1 aliphatic rings. The minimum atomic E-state index is -0.0158. The third-order valence-electron chi connectivity index (χ3n) is 3.41. The third kappa shape index (κ3) is 2.82. The maximum absolute atomic E-state index is 11.7. The van der Waals surface area contributed by atoms with Gasteiger partial charge in [0.15, 0.2) is 6.61 Å². The highest BCUT2D eigenvalue weighted by molar-refractivity contribution is 5.78. The van der Waals surface area contributed by atoms with Gasteiger partial charge in [-0.05, 0) is 37.1 Å². The monoisotopic (exact) mass is 249 g/mol. The van der Waals surface area contributed by atoms with Crippen molar-refractivity contribution in [1.29, 1.82) is 0 Å². The Morgan fingerprint density at radius 2 is 2.11 bits per heavy atom. The van der Waals surface area contributed by atoms with Crippen LogP contribution in [0.4, 0.5) is 0 Å². The van der Waals surface area contributed by atoms with Crippen molar-refractivity contribution in [2.45, 2.75) is 13.8 Å². The lowest BCUT2D eigenvalue weighted by Crippen LogP contribution is -2.52. The molecule has 0 spiro atoms. The van der Waals surface area contributed by atoms with Crippen LogP contribution in [0.3, 0.4) is 0 Å². The van der Waals surface area contributed by atoms with Crippen molar-refractivity contribution < 1.29 is 14.6 Å². The van der Waals surface area contributed by atoms with E-state index in [4.69, 9.17) is 9.84 Å².